The van der Waals surface area contributed by atoms with E-state index in [1.54, 1.807) is 0 Å². The summed E-state index contributed by atoms with van der Waals surface area (Å²) in [6.07, 6.45) is 6.10. The highest BCUT2D eigenvalue weighted by molar-refractivity contribution is 5.29. The van der Waals surface area contributed by atoms with Crippen LogP contribution in [0.15, 0.2) is 29.1 Å². The predicted octanol–water partition coefficient (Wildman–Crippen LogP) is 1.60. The summed E-state index contributed by atoms with van der Waals surface area (Å²) in [5.41, 5.74) is 1.02. The van der Waals surface area contributed by atoms with Crippen LogP contribution in [0.3, 0.4) is 0 Å². The molecule has 1 rings (SSSR count). The molecule has 1 aliphatic rings. The number of hydrogen-bond donors (Lipinski definition) is 0. The van der Waals surface area contributed by atoms with Crippen LogP contribution in [0.5, 0.6) is 0 Å². The zero-order chi connectivity index (χ0) is 5.11. The third kappa shape index (κ3) is 0.738. The van der Waals surface area contributed by atoms with Crippen molar-refractivity contribution < 1.29 is 0 Å². The van der Waals surface area contributed by atoms with Crippen LogP contribution in [0.25, 0.3) is 0 Å². The highest BCUT2D eigenvalue weighted by Gasteiger charge is 1.95. The largest absolute Gasteiger partial charge is 0.145 e. The Hall–Kier alpha value is -0.920. The molecule has 0 bridgehead atoms. The van der Waals surface area contributed by atoms with Crippen LogP contribution >= 0.6 is 0 Å². The van der Waals surface area contributed by atoms with E-state index in [0.717, 1.165) is 12.0 Å². The summed E-state index contributed by atoms with van der Waals surface area (Å²) < 4.78 is 0. The number of hydrogen-bond acceptors (Lipinski definition) is 2. The summed E-state index contributed by atoms with van der Waals surface area (Å²) in [4.78, 5) is 9.45. The normalized spacial score (nSPS) is 22.0. The van der Waals surface area contributed by atoms with Gasteiger partial charge in [-0.05, 0) is 17.2 Å². The minimum absolute atomic E-state index is 0.908. The van der Waals surface area contributed by atoms with Gasteiger partial charge in [-0.25, -0.2) is 0 Å². The first-order valence-electron chi connectivity index (χ1n) is 2.11. The van der Waals surface area contributed by atoms with Crippen molar-refractivity contribution in [2.24, 2.45) is 5.18 Å². The van der Waals surface area contributed by atoms with E-state index in [2.05, 4.69) is 5.18 Å². The van der Waals surface area contributed by atoms with Crippen molar-refractivity contribution >= 4 is 0 Å². The van der Waals surface area contributed by atoms with Gasteiger partial charge in [0.2, 0.25) is 0 Å². The molecule has 0 spiro atoms. The minimum Gasteiger partial charge on any atom is -0.145 e. The fourth-order valence-corrected chi connectivity index (χ4v) is 0.417. The number of rotatable bonds is 1. The monoisotopic (exact) mass is 95.0 g/mol. The second kappa shape index (κ2) is 1.69. The van der Waals surface area contributed by atoms with Gasteiger partial charge < -0.3 is 0 Å². The summed E-state index contributed by atoms with van der Waals surface area (Å²) in [6, 6.07) is 0. The van der Waals surface area contributed by atoms with Crippen LogP contribution < -0.4 is 0 Å². The maximum absolute atomic E-state index is 9.45. The molecule has 2 nitrogen and oxygen atoms in total. The van der Waals surface area contributed by atoms with E-state index in [0.29, 0.717) is 0 Å². The molecule has 7 heavy (non-hydrogen) atoms. The Morgan fingerprint density at radius 3 is 2.71 bits per heavy atom. The first kappa shape index (κ1) is 4.24. The van der Waals surface area contributed by atoms with E-state index in [-0.39, 0.29) is 0 Å². The molecule has 0 saturated heterocycles. The molecule has 2 heteroatoms. The van der Waals surface area contributed by atoms with Crippen LogP contribution in [0.1, 0.15) is 6.42 Å². The molecule has 0 amide bonds. The lowest BCUT2D eigenvalue weighted by Crippen LogP contribution is -1.82. The van der Waals surface area contributed by atoms with Crippen LogP contribution in [0.4, 0.5) is 0 Å². The molecule has 0 heterocycles. The molecule has 0 aliphatic heterocycles. The van der Waals surface area contributed by atoms with Crippen LogP contribution in [-0.4, -0.2) is 0 Å². The second-order valence-electron chi connectivity index (χ2n) is 1.42. The molecule has 0 saturated carbocycles. The lowest BCUT2D eigenvalue weighted by atomic mass is 10.1. The van der Waals surface area contributed by atoms with Gasteiger partial charge in [0.1, 0.15) is 0 Å². The lowest BCUT2D eigenvalue weighted by Gasteiger charge is -2.01. The molecule has 0 radical (unpaired) electrons. The minimum atomic E-state index is 0.908. The van der Waals surface area contributed by atoms with Crippen molar-refractivity contribution in [3.05, 3.63) is 28.8 Å². The Labute approximate surface area is 41.5 Å². The Kier molecular flexibility index (Phi) is 1.02. The van der Waals surface area contributed by atoms with Crippen molar-refractivity contribution in [3.8, 4) is 0 Å². The third-order valence-corrected chi connectivity index (χ3v) is 0.904. The quantitative estimate of drug-likeness (QED) is 0.455. The average Bonchev–Trinajstić information content (AvgIpc) is 1.55. The van der Waals surface area contributed by atoms with Gasteiger partial charge >= 0.3 is 0 Å². The van der Waals surface area contributed by atoms with Crippen molar-refractivity contribution in [3.63, 3.8) is 0 Å². The number of nitrogens with zero attached hydrogens (tertiary/aromatic N) is 1. The van der Waals surface area contributed by atoms with Gasteiger partial charge in [0.15, 0.2) is 0 Å². The molecule has 0 unspecified atom stereocenters. The fraction of sp³-hybridized carbons (Fsp3) is 0.200. The smallest absolute Gasteiger partial charge is 0.0749 e. The van der Waals surface area contributed by atoms with Crippen molar-refractivity contribution in [1.82, 2.24) is 0 Å². The second-order valence-corrected chi connectivity index (χ2v) is 1.42. The zero-order valence-corrected chi connectivity index (χ0v) is 3.79. The topological polar surface area (TPSA) is 29.4 Å². The highest BCUT2D eigenvalue weighted by Crippen LogP contribution is 2.13. The van der Waals surface area contributed by atoms with E-state index >= 15 is 0 Å². The van der Waals surface area contributed by atoms with E-state index in [4.69, 9.17) is 0 Å². The molecule has 1 aliphatic carbocycles. The van der Waals surface area contributed by atoms with Crippen molar-refractivity contribution in [2.75, 3.05) is 0 Å². The van der Waals surface area contributed by atoms with Gasteiger partial charge in [0.05, 0.1) is 6.20 Å². The molecular formula is C5H5NO. The summed E-state index contributed by atoms with van der Waals surface area (Å²) in [7, 11) is 0. The molecule has 36 valence electrons. The molecule has 0 aromatic carbocycles. The van der Waals surface area contributed by atoms with Gasteiger partial charge in [-0.1, -0.05) is 12.2 Å². The molecule has 0 aromatic rings. The molecule has 0 fully saturated rings. The van der Waals surface area contributed by atoms with Crippen LogP contribution in [0.2, 0.25) is 0 Å². The van der Waals surface area contributed by atoms with E-state index in [9.17, 15) is 4.91 Å². The van der Waals surface area contributed by atoms with Gasteiger partial charge in [-0.3, -0.25) is 0 Å². The average molecular weight is 95.1 g/mol. The standard InChI is InChI=1S/C5H5NO/c7-6-4-5-2-1-3-5/h1-2,4H,3H2/b5-4+. The van der Waals surface area contributed by atoms with E-state index in [1.807, 2.05) is 12.2 Å². The fourth-order valence-electron chi connectivity index (χ4n) is 0.417. The van der Waals surface area contributed by atoms with E-state index in [1.165, 1.54) is 6.20 Å². The molecule has 0 N–H and O–H groups in total. The maximum Gasteiger partial charge on any atom is 0.0749 e. The molecule has 0 atom stereocenters. The Morgan fingerprint density at radius 1 is 1.86 bits per heavy atom. The SMILES string of the molecule is O=N/C=C1\C=CC1. The summed E-state index contributed by atoms with van der Waals surface area (Å²) >= 11 is 0. The first-order chi connectivity index (χ1) is 3.43. The molecular weight excluding hydrogens is 90.1 g/mol. The summed E-state index contributed by atoms with van der Waals surface area (Å²) in [6.45, 7) is 0. The number of nitroso groups, excluding NO2 is 1. The third-order valence-electron chi connectivity index (χ3n) is 0.904. The Balaban J connectivity index is 2.56. The maximum atomic E-state index is 9.45. The van der Waals surface area contributed by atoms with E-state index < -0.39 is 0 Å². The highest BCUT2D eigenvalue weighted by atomic mass is 16.2. The van der Waals surface area contributed by atoms with Gasteiger partial charge in [0.25, 0.3) is 0 Å². The Morgan fingerprint density at radius 2 is 2.57 bits per heavy atom. The van der Waals surface area contributed by atoms with Crippen molar-refractivity contribution in [2.45, 2.75) is 6.42 Å². The number of allylic oxidation sites excluding steroid dienone is 3. The van der Waals surface area contributed by atoms with Gasteiger partial charge in [-0.2, -0.15) is 0 Å². The summed E-state index contributed by atoms with van der Waals surface area (Å²) in [5.74, 6) is 0. The van der Waals surface area contributed by atoms with Crippen LogP contribution in [-0.2, 0) is 0 Å². The Bertz CT molecular complexity index is 135. The van der Waals surface area contributed by atoms with Crippen molar-refractivity contribution in [1.29, 1.82) is 0 Å². The zero-order valence-electron chi connectivity index (χ0n) is 3.79. The van der Waals surface area contributed by atoms with Crippen LogP contribution in [0, 0.1) is 4.91 Å². The lowest BCUT2D eigenvalue weighted by molar-refractivity contribution is 1.17. The van der Waals surface area contributed by atoms with Gasteiger partial charge in [0, 0.05) is 0 Å². The van der Waals surface area contributed by atoms with Gasteiger partial charge in [-0.15, -0.1) is 4.91 Å². The molecule has 0 aromatic heterocycles. The summed E-state index contributed by atoms with van der Waals surface area (Å²) in [5, 5.41) is 2.59. The predicted molar refractivity (Wildman–Crippen MR) is 27.6 cm³/mol. The first-order valence-corrected chi connectivity index (χ1v) is 2.11.